The second-order valence-electron chi connectivity index (χ2n) is 14.4. The van der Waals surface area contributed by atoms with Crippen molar-refractivity contribution in [1.82, 2.24) is 24.1 Å². The predicted octanol–water partition coefficient (Wildman–Crippen LogP) is 13.0. The summed E-state index contributed by atoms with van der Waals surface area (Å²) in [5.74, 6) is 1.70. The third kappa shape index (κ3) is 4.87. The fourth-order valence-electron chi connectivity index (χ4n) is 8.63. The van der Waals surface area contributed by atoms with Crippen molar-refractivity contribution in [3.05, 3.63) is 188 Å². The quantitative estimate of drug-likeness (QED) is 0.177. The second kappa shape index (κ2) is 12.3. The van der Waals surface area contributed by atoms with Crippen LogP contribution < -0.4 is 0 Å². The van der Waals surface area contributed by atoms with Crippen LogP contribution in [0.3, 0.4) is 0 Å². The second-order valence-corrected chi connectivity index (χ2v) is 14.4. The molecular formula is C51H31N5O. The van der Waals surface area contributed by atoms with E-state index in [4.69, 9.17) is 19.4 Å². The van der Waals surface area contributed by atoms with Crippen molar-refractivity contribution < 1.29 is 4.42 Å². The van der Waals surface area contributed by atoms with Gasteiger partial charge in [0.15, 0.2) is 11.6 Å². The number of benzene rings is 8. The number of fused-ring (bicyclic) bond motifs is 9. The summed E-state index contributed by atoms with van der Waals surface area (Å²) in [6, 6.07) is 65.6. The Morgan fingerprint density at radius 3 is 1.61 bits per heavy atom. The highest BCUT2D eigenvalue weighted by Crippen LogP contribution is 2.39. The summed E-state index contributed by atoms with van der Waals surface area (Å²) in [4.78, 5) is 15.9. The molecule has 12 rings (SSSR count). The molecule has 0 unspecified atom stereocenters. The summed E-state index contributed by atoms with van der Waals surface area (Å²) < 4.78 is 10.9. The van der Waals surface area contributed by atoms with E-state index in [0.717, 1.165) is 82.7 Å². The van der Waals surface area contributed by atoms with Gasteiger partial charge < -0.3 is 8.98 Å². The summed E-state index contributed by atoms with van der Waals surface area (Å²) >= 11 is 0. The molecule has 4 heterocycles. The number of para-hydroxylation sites is 4. The van der Waals surface area contributed by atoms with Gasteiger partial charge in [0.1, 0.15) is 11.2 Å². The Morgan fingerprint density at radius 1 is 0.351 bits per heavy atom. The van der Waals surface area contributed by atoms with E-state index in [-0.39, 0.29) is 0 Å². The van der Waals surface area contributed by atoms with Gasteiger partial charge >= 0.3 is 0 Å². The first-order chi connectivity index (χ1) is 28.3. The average molecular weight is 730 g/mol. The minimum Gasteiger partial charge on any atom is -0.456 e. The molecule has 0 fully saturated rings. The van der Waals surface area contributed by atoms with Crippen molar-refractivity contribution in [2.45, 2.75) is 0 Å². The van der Waals surface area contributed by atoms with E-state index in [1.54, 1.807) is 0 Å². The Labute approximate surface area is 326 Å². The van der Waals surface area contributed by atoms with Crippen LogP contribution in [0.2, 0.25) is 0 Å². The molecule has 12 aromatic rings. The van der Waals surface area contributed by atoms with Gasteiger partial charge in [-0.05, 0) is 53.6 Å². The number of nitrogens with zero attached hydrogens (tertiary/aromatic N) is 5. The van der Waals surface area contributed by atoms with E-state index in [0.29, 0.717) is 17.6 Å². The first-order valence-electron chi connectivity index (χ1n) is 19.1. The van der Waals surface area contributed by atoms with Crippen LogP contribution in [-0.4, -0.2) is 24.1 Å². The number of aromatic nitrogens is 5. The lowest BCUT2D eigenvalue weighted by atomic mass is 10.0. The van der Waals surface area contributed by atoms with Crippen LogP contribution in [0.15, 0.2) is 192 Å². The molecule has 0 aliphatic heterocycles. The molecule has 0 saturated heterocycles. The van der Waals surface area contributed by atoms with Gasteiger partial charge in [-0.1, -0.05) is 146 Å². The molecule has 57 heavy (non-hydrogen) atoms. The average Bonchev–Trinajstić information content (AvgIpc) is 3.94. The smallest absolute Gasteiger partial charge is 0.238 e. The summed E-state index contributed by atoms with van der Waals surface area (Å²) in [5.41, 5.74) is 11.1. The molecular weight excluding hydrogens is 699 g/mol. The Kier molecular flexibility index (Phi) is 6.83. The molecule has 0 radical (unpaired) electrons. The number of rotatable bonds is 5. The largest absolute Gasteiger partial charge is 0.456 e. The molecule has 0 aliphatic rings. The van der Waals surface area contributed by atoms with Crippen LogP contribution in [0, 0.1) is 0 Å². The summed E-state index contributed by atoms with van der Waals surface area (Å²) in [7, 11) is 0. The van der Waals surface area contributed by atoms with Crippen LogP contribution in [-0.2, 0) is 0 Å². The fourth-order valence-corrected chi connectivity index (χ4v) is 8.63. The van der Waals surface area contributed by atoms with Crippen molar-refractivity contribution >= 4 is 65.6 Å². The van der Waals surface area contributed by atoms with E-state index in [1.807, 2.05) is 36.4 Å². The highest BCUT2D eigenvalue weighted by Gasteiger charge is 2.21. The van der Waals surface area contributed by atoms with Crippen LogP contribution in [0.4, 0.5) is 0 Å². The molecule has 0 N–H and O–H groups in total. The monoisotopic (exact) mass is 729 g/mol. The lowest BCUT2D eigenvalue weighted by Gasteiger charge is -2.13. The molecule has 8 aromatic carbocycles. The van der Waals surface area contributed by atoms with E-state index in [2.05, 4.69) is 161 Å². The van der Waals surface area contributed by atoms with E-state index >= 15 is 0 Å². The van der Waals surface area contributed by atoms with Gasteiger partial charge in [-0.2, -0.15) is 9.97 Å². The van der Waals surface area contributed by atoms with E-state index in [9.17, 15) is 0 Å². The fraction of sp³-hybridized carbons (Fsp3) is 0. The first-order valence-corrected chi connectivity index (χ1v) is 19.1. The van der Waals surface area contributed by atoms with Gasteiger partial charge in [0.25, 0.3) is 0 Å². The lowest BCUT2D eigenvalue weighted by Crippen LogP contribution is -2.07. The Bertz CT molecular complexity index is 3470. The number of hydrogen-bond donors (Lipinski definition) is 0. The van der Waals surface area contributed by atoms with Gasteiger partial charge in [-0.3, -0.25) is 4.57 Å². The van der Waals surface area contributed by atoms with Crippen LogP contribution >= 0.6 is 0 Å². The third-order valence-electron chi connectivity index (χ3n) is 11.2. The number of furan rings is 1. The minimum atomic E-state index is 0.539. The van der Waals surface area contributed by atoms with Gasteiger partial charge in [-0.25, -0.2) is 4.98 Å². The molecule has 6 heteroatoms. The normalized spacial score (nSPS) is 11.9. The maximum absolute atomic E-state index is 6.33. The zero-order chi connectivity index (χ0) is 37.5. The predicted molar refractivity (Wildman–Crippen MR) is 232 cm³/mol. The Morgan fingerprint density at radius 2 is 0.895 bits per heavy atom. The summed E-state index contributed by atoms with van der Waals surface area (Å²) in [6.45, 7) is 0. The molecule has 0 spiro atoms. The molecule has 0 amide bonds. The molecule has 0 bridgehead atoms. The minimum absolute atomic E-state index is 0.539. The van der Waals surface area contributed by atoms with Crippen LogP contribution in [0.1, 0.15) is 0 Å². The van der Waals surface area contributed by atoms with Gasteiger partial charge in [0.2, 0.25) is 5.95 Å². The lowest BCUT2D eigenvalue weighted by molar-refractivity contribution is 0.669. The molecule has 4 aromatic heterocycles. The molecule has 0 atom stereocenters. The van der Waals surface area contributed by atoms with Crippen molar-refractivity contribution in [1.29, 1.82) is 0 Å². The van der Waals surface area contributed by atoms with E-state index in [1.165, 1.54) is 10.8 Å². The van der Waals surface area contributed by atoms with Gasteiger partial charge in [0.05, 0.1) is 22.1 Å². The highest BCUT2D eigenvalue weighted by molar-refractivity contribution is 6.13. The zero-order valence-corrected chi connectivity index (χ0v) is 30.5. The first kappa shape index (κ1) is 31.5. The van der Waals surface area contributed by atoms with Crippen molar-refractivity contribution in [2.75, 3.05) is 0 Å². The molecule has 0 aliphatic carbocycles. The Balaban J connectivity index is 1.14. The van der Waals surface area contributed by atoms with Gasteiger partial charge in [-0.15, -0.1) is 0 Å². The molecule has 266 valence electrons. The van der Waals surface area contributed by atoms with Crippen molar-refractivity contribution in [2.24, 2.45) is 0 Å². The Hall–Kier alpha value is -7.83. The summed E-state index contributed by atoms with van der Waals surface area (Å²) in [6.07, 6.45) is 0. The standard InChI is InChI=1S/C51H31N5O/c1-2-13-32(14-3-1)33-25-27-34(28-26-33)49-52-50(41-19-12-24-47-48(41)40-18-7-11-23-46(40)57-47)54-51(53-49)56-44-22-10-6-17-38(44)39-30-29-35(31-45(39)56)55-42-20-8-4-15-36(42)37-16-5-9-21-43(37)55/h1-31H. The van der Waals surface area contributed by atoms with Crippen LogP contribution in [0.5, 0.6) is 0 Å². The summed E-state index contributed by atoms with van der Waals surface area (Å²) in [5, 5.41) is 6.69. The topological polar surface area (TPSA) is 61.7 Å². The van der Waals surface area contributed by atoms with Gasteiger partial charge in [0, 0.05) is 49.1 Å². The highest BCUT2D eigenvalue weighted by atomic mass is 16.3. The third-order valence-corrected chi connectivity index (χ3v) is 11.2. The zero-order valence-electron chi connectivity index (χ0n) is 30.5. The number of hydrogen-bond acceptors (Lipinski definition) is 4. The van der Waals surface area contributed by atoms with Crippen molar-refractivity contribution in [3.63, 3.8) is 0 Å². The van der Waals surface area contributed by atoms with Crippen LogP contribution in [0.25, 0.3) is 111 Å². The molecule has 0 saturated carbocycles. The SMILES string of the molecule is c1ccc(-c2ccc(-c3nc(-c4cccc5oc6ccccc6c45)nc(-n4c5ccccc5c5ccc(-n6c7ccccc7c7ccccc76)cc54)n3)cc2)cc1. The maximum atomic E-state index is 6.33. The van der Waals surface area contributed by atoms with Crippen molar-refractivity contribution in [3.8, 4) is 45.5 Å². The maximum Gasteiger partial charge on any atom is 0.238 e. The van der Waals surface area contributed by atoms with E-state index < -0.39 is 0 Å². The molecule has 6 nitrogen and oxygen atoms in total.